The molecule has 2 heterocycles. The molecule has 0 saturated carbocycles. The van der Waals surface area contributed by atoms with Crippen molar-refractivity contribution >= 4 is 23.8 Å². The van der Waals surface area contributed by atoms with Crippen molar-refractivity contribution in [3.63, 3.8) is 0 Å². The summed E-state index contributed by atoms with van der Waals surface area (Å²) in [6, 6.07) is 6.75. The molecule has 33 heavy (non-hydrogen) atoms. The van der Waals surface area contributed by atoms with Gasteiger partial charge in [-0.25, -0.2) is 9.80 Å². The van der Waals surface area contributed by atoms with Gasteiger partial charge in [-0.1, -0.05) is 30.3 Å². The number of hydrogen-bond acceptors (Lipinski definition) is 6. The molecule has 0 radical (unpaired) electrons. The number of aryl methyl sites for hydroxylation is 1. The lowest BCUT2D eigenvalue weighted by molar-refractivity contribution is -0.188. The van der Waals surface area contributed by atoms with E-state index in [2.05, 4.69) is 5.32 Å². The van der Waals surface area contributed by atoms with Crippen molar-refractivity contribution in [3.05, 3.63) is 35.9 Å². The van der Waals surface area contributed by atoms with E-state index in [-0.39, 0.29) is 25.2 Å². The van der Waals surface area contributed by atoms with E-state index in [1.807, 2.05) is 30.3 Å². The quantitative estimate of drug-likeness (QED) is 0.598. The zero-order valence-electron chi connectivity index (χ0n) is 19.5. The molecule has 2 amide bonds. The summed E-state index contributed by atoms with van der Waals surface area (Å²) in [6.45, 7) is 5.58. The Bertz CT molecular complexity index is 882. The van der Waals surface area contributed by atoms with Crippen LogP contribution in [0.3, 0.4) is 0 Å². The minimum atomic E-state index is -1.06. The van der Waals surface area contributed by atoms with Crippen molar-refractivity contribution in [2.24, 2.45) is 0 Å². The molecule has 180 valence electrons. The molecular formula is C24H33N3O6. The third-order valence-electron chi connectivity index (χ3n) is 5.81. The first-order chi connectivity index (χ1) is 15.6. The monoisotopic (exact) mass is 459 g/mol. The number of carbonyl (C=O) groups excluding carboxylic acids is 3. The molecule has 2 N–H and O–H groups in total. The van der Waals surface area contributed by atoms with Gasteiger partial charge in [-0.3, -0.25) is 24.7 Å². The maximum absolute atomic E-state index is 13.5. The Labute approximate surface area is 194 Å². The average Bonchev–Trinajstić information content (AvgIpc) is 2.87. The lowest BCUT2D eigenvalue weighted by Gasteiger charge is -2.43. The highest BCUT2D eigenvalue weighted by Gasteiger charge is 2.46. The van der Waals surface area contributed by atoms with Gasteiger partial charge in [-0.2, -0.15) is 0 Å². The zero-order chi connectivity index (χ0) is 24.2. The molecule has 0 unspecified atom stereocenters. The van der Waals surface area contributed by atoms with Gasteiger partial charge in [0.1, 0.15) is 11.6 Å². The van der Waals surface area contributed by atoms with E-state index in [4.69, 9.17) is 4.74 Å². The number of carboxylic acids is 1. The number of hydrogen-bond donors (Lipinski definition) is 2. The van der Waals surface area contributed by atoms with Crippen LogP contribution in [0.25, 0.3) is 0 Å². The van der Waals surface area contributed by atoms with Crippen molar-refractivity contribution < 1.29 is 29.0 Å². The van der Waals surface area contributed by atoms with Crippen LogP contribution in [0.2, 0.25) is 0 Å². The van der Waals surface area contributed by atoms with Crippen LogP contribution in [0.4, 0.5) is 0 Å². The maximum Gasteiger partial charge on any atom is 0.331 e. The third kappa shape index (κ3) is 6.31. The van der Waals surface area contributed by atoms with Crippen LogP contribution in [0.1, 0.15) is 58.4 Å². The summed E-state index contributed by atoms with van der Waals surface area (Å²) in [5.41, 5.74) is 0.266. The first-order valence-electron chi connectivity index (χ1n) is 11.5. The Morgan fingerprint density at radius 2 is 1.88 bits per heavy atom. The van der Waals surface area contributed by atoms with Crippen molar-refractivity contribution in [2.75, 3.05) is 6.54 Å². The molecule has 1 aromatic rings. The average molecular weight is 460 g/mol. The number of amides is 2. The fourth-order valence-corrected chi connectivity index (χ4v) is 4.25. The summed E-state index contributed by atoms with van der Waals surface area (Å²) in [6.07, 6.45) is 2.03. The Morgan fingerprint density at radius 1 is 1.18 bits per heavy atom. The second-order valence-corrected chi connectivity index (χ2v) is 9.56. The standard InChI is InChI=1S/C24H33N3O6/c1-24(2,3)33-23(32)19-10-7-15-26-20(28)14-13-17(21(29)27(19)26)25-18(22(30)31)12-11-16-8-5-4-6-9-16/h4-6,8-9,17-19,25H,7,10-15H2,1-3H3,(H,30,31)/t17-,18-,19-/m0/s1. The zero-order valence-corrected chi connectivity index (χ0v) is 19.5. The van der Waals surface area contributed by atoms with Crippen molar-refractivity contribution in [1.29, 1.82) is 0 Å². The summed E-state index contributed by atoms with van der Waals surface area (Å²) in [5, 5.41) is 15.3. The minimum absolute atomic E-state index is 0.0893. The number of ether oxygens (including phenoxy) is 1. The van der Waals surface area contributed by atoms with Crippen LogP contribution in [0, 0.1) is 0 Å². The Kier molecular flexibility index (Phi) is 7.73. The number of nitrogens with zero attached hydrogens (tertiary/aromatic N) is 2. The van der Waals surface area contributed by atoms with E-state index in [1.165, 1.54) is 10.0 Å². The molecule has 3 atom stereocenters. The van der Waals surface area contributed by atoms with Crippen LogP contribution >= 0.6 is 0 Å². The summed E-state index contributed by atoms with van der Waals surface area (Å²) in [5.74, 6) is -2.35. The topological polar surface area (TPSA) is 116 Å². The number of benzene rings is 1. The van der Waals surface area contributed by atoms with Gasteiger partial charge in [-0.05, 0) is 58.4 Å². The lowest BCUT2D eigenvalue weighted by atomic mass is 10.0. The Morgan fingerprint density at radius 3 is 2.52 bits per heavy atom. The molecule has 9 heteroatoms. The Balaban J connectivity index is 1.78. The van der Waals surface area contributed by atoms with Gasteiger partial charge in [0.2, 0.25) is 5.91 Å². The van der Waals surface area contributed by atoms with Gasteiger partial charge in [0.25, 0.3) is 5.91 Å². The van der Waals surface area contributed by atoms with E-state index in [0.29, 0.717) is 25.8 Å². The SMILES string of the molecule is CC(C)(C)OC(=O)[C@@H]1CCCN2C(=O)CC[C@H](N[C@@H](CCc3ccccc3)C(=O)O)C(=O)N12. The van der Waals surface area contributed by atoms with E-state index >= 15 is 0 Å². The van der Waals surface area contributed by atoms with Gasteiger partial charge < -0.3 is 9.84 Å². The fourth-order valence-electron chi connectivity index (χ4n) is 4.25. The highest BCUT2D eigenvalue weighted by Crippen LogP contribution is 2.27. The smallest absolute Gasteiger partial charge is 0.331 e. The van der Waals surface area contributed by atoms with Crippen LogP contribution in [0.5, 0.6) is 0 Å². The van der Waals surface area contributed by atoms with Crippen molar-refractivity contribution in [1.82, 2.24) is 15.3 Å². The third-order valence-corrected chi connectivity index (χ3v) is 5.81. The summed E-state index contributed by atoms with van der Waals surface area (Å²) in [4.78, 5) is 51.1. The number of rotatable bonds is 7. The Hall–Kier alpha value is -2.94. The molecule has 3 rings (SSSR count). The first kappa shape index (κ1) is 24.7. The van der Waals surface area contributed by atoms with Crippen LogP contribution < -0.4 is 5.32 Å². The number of hydrazine groups is 1. The number of esters is 1. The summed E-state index contributed by atoms with van der Waals surface area (Å²) >= 11 is 0. The number of fused-ring (bicyclic) bond motifs is 1. The van der Waals surface area contributed by atoms with Gasteiger partial charge in [-0.15, -0.1) is 0 Å². The second kappa shape index (κ2) is 10.3. The molecule has 0 aliphatic carbocycles. The van der Waals surface area contributed by atoms with Crippen molar-refractivity contribution in [3.8, 4) is 0 Å². The summed E-state index contributed by atoms with van der Waals surface area (Å²) in [7, 11) is 0. The number of carbonyl (C=O) groups is 4. The van der Waals surface area contributed by atoms with E-state index in [9.17, 15) is 24.3 Å². The van der Waals surface area contributed by atoms with Crippen molar-refractivity contribution in [2.45, 2.75) is 83.0 Å². The molecule has 0 spiro atoms. The number of carboxylic acid groups (broad SMARTS) is 1. The predicted octanol–water partition coefficient (Wildman–Crippen LogP) is 1.90. The highest BCUT2D eigenvalue weighted by atomic mass is 16.6. The second-order valence-electron chi connectivity index (χ2n) is 9.56. The molecule has 1 aromatic carbocycles. The largest absolute Gasteiger partial charge is 0.480 e. The van der Waals surface area contributed by atoms with Gasteiger partial charge in [0.15, 0.2) is 6.04 Å². The predicted molar refractivity (Wildman–Crippen MR) is 120 cm³/mol. The van der Waals surface area contributed by atoms with E-state index in [0.717, 1.165) is 5.56 Å². The van der Waals surface area contributed by atoms with Gasteiger partial charge >= 0.3 is 11.9 Å². The van der Waals surface area contributed by atoms with Crippen LogP contribution in [-0.4, -0.2) is 69.1 Å². The molecule has 2 fully saturated rings. The molecule has 9 nitrogen and oxygen atoms in total. The highest BCUT2D eigenvalue weighted by molar-refractivity contribution is 5.92. The summed E-state index contributed by atoms with van der Waals surface area (Å²) < 4.78 is 5.51. The maximum atomic E-state index is 13.5. The van der Waals surface area contributed by atoms with Crippen LogP contribution in [-0.2, 0) is 30.3 Å². The molecule has 2 aliphatic heterocycles. The van der Waals surface area contributed by atoms with Gasteiger partial charge in [0.05, 0.1) is 6.04 Å². The number of nitrogens with one attached hydrogen (secondary N) is 1. The molecular weight excluding hydrogens is 426 g/mol. The minimum Gasteiger partial charge on any atom is -0.480 e. The fraction of sp³-hybridized carbons (Fsp3) is 0.583. The normalized spacial score (nSPS) is 22.4. The van der Waals surface area contributed by atoms with E-state index < -0.39 is 41.6 Å². The molecule has 0 bridgehead atoms. The molecule has 0 aromatic heterocycles. The van der Waals surface area contributed by atoms with E-state index in [1.54, 1.807) is 20.8 Å². The first-order valence-corrected chi connectivity index (χ1v) is 11.5. The number of aliphatic carboxylic acids is 1. The lowest BCUT2D eigenvalue weighted by Crippen LogP contribution is -2.63. The molecule has 2 aliphatic rings. The molecule has 2 saturated heterocycles. The van der Waals surface area contributed by atoms with Gasteiger partial charge in [0, 0.05) is 13.0 Å². The van der Waals surface area contributed by atoms with Crippen LogP contribution in [0.15, 0.2) is 30.3 Å².